The Kier molecular flexibility index (Phi) is 5.49. The van der Waals surface area contributed by atoms with Gasteiger partial charge in [0.05, 0.1) is 14.2 Å². The van der Waals surface area contributed by atoms with Gasteiger partial charge in [0, 0.05) is 19.6 Å². The first-order chi connectivity index (χ1) is 11.6. The zero-order valence-electron chi connectivity index (χ0n) is 14.9. The van der Waals surface area contributed by atoms with E-state index >= 15 is 0 Å². The zero-order valence-corrected chi connectivity index (χ0v) is 15.7. The monoisotopic (exact) mass is 348 g/mol. The molecule has 3 unspecified atom stereocenters. The Bertz CT molecular complexity index is 593. The molecule has 0 amide bonds. The molecule has 1 aromatic carbocycles. The van der Waals surface area contributed by atoms with Gasteiger partial charge in [-0.2, -0.15) is 0 Å². The van der Waals surface area contributed by atoms with Gasteiger partial charge >= 0.3 is 0 Å². The van der Waals surface area contributed by atoms with Crippen molar-refractivity contribution in [3.63, 3.8) is 0 Å². The largest absolute Gasteiger partial charge is 0.493 e. The molecule has 3 rings (SSSR count). The maximum Gasteiger partial charge on any atom is 0.168 e. The van der Waals surface area contributed by atoms with Gasteiger partial charge in [0.1, 0.15) is 0 Å². The van der Waals surface area contributed by atoms with Crippen LogP contribution in [0.25, 0.3) is 0 Å². The normalized spacial score (nSPS) is 24.7. The second-order valence-corrected chi connectivity index (χ2v) is 7.48. The van der Waals surface area contributed by atoms with Crippen molar-refractivity contribution in [3.8, 4) is 11.5 Å². The van der Waals surface area contributed by atoms with Gasteiger partial charge in [0.15, 0.2) is 16.6 Å². The fourth-order valence-corrected chi connectivity index (χ4v) is 4.37. The minimum absolute atomic E-state index is 0.597. The standard InChI is InChI=1S/C19H28N2O2S/c1-21(19(24)20-16-11-14-4-6-15(16)10-14)9-8-13-5-7-17(22-2)18(12-13)23-3/h5,7,12,14-16H,4,6,8-11H2,1-3H3,(H,20,24). The van der Waals surface area contributed by atoms with Gasteiger partial charge in [-0.05, 0) is 67.4 Å². The van der Waals surface area contributed by atoms with E-state index in [1.54, 1.807) is 14.2 Å². The number of ether oxygens (including phenoxy) is 2. The first-order valence-electron chi connectivity index (χ1n) is 8.83. The van der Waals surface area contributed by atoms with Crippen molar-refractivity contribution in [2.45, 2.75) is 38.1 Å². The molecule has 0 aliphatic heterocycles. The number of rotatable bonds is 6. The molecule has 5 heteroatoms. The Balaban J connectivity index is 1.49. The van der Waals surface area contributed by atoms with Crippen molar-refractivity contribution in [2.24, 2.45) is 11.8 Å². The topological polar surface area (TPSA) is 33.7 Å². The molecule has 2 aliphatic carbocycles. The molecule has 24 heavy (non-hydrogen) atoms. The predicted octanol–water partition coefficient (Wildman–Crippen LogP) is 3.24. The van der Waals surface area contributed by atoms with Crippen LogP contribution >= 0.6 is 12.2 Å². The molecule has 132 valence electrons. The lowest BCUT2D eigenvalue weighted by atomic mass is 9.95. The SMILES string of the molecule is COc1ccc(CCN(C)C(=S)NC2CC3CCC2C3)cc1OC. The van der Waals surface area contributed by atoms with Crippen LogP contribution in [0.4, 0.5) is 0 Å². The highest BCUT2D eigenvalue weighted by Gasteiger charge is 2.39. The summed E-state index contributed by atoms with van der Waals surface area (Å²) in [6.07, 6.45) is 6.42. The molecular weight excluding hydrogens is 320 g/mol. The Hall–Kier alpha value is -1.49. The fourth-order valence-electron chi connectivity index (χ4n) is 4.12. The van der Waals surface area contributed by atoms with Crippen LogP contribution in [0.15, 0.2) is 18.2 Å². The molecule has 2 aliphatic rings. The van der Waals surface area contributed by atoms with Crippen molar-refractivity contribution in [3.05, 3.63) is 23.8 Å². The van der Waals surface area contributed by atoms with Gasteiger partial charge in [0.2, 0.25) is 0 Å². The zero-order chi connectivity index (χ0) is 17.1. The first-order valence-corrected chi connectivity index (χ1v) is 9.24. The molecule has 0 heterocycles. The van der Waals surface area contributed by atoms with Crippen molar-refractivity contribution in [1.29, 1.82) is 0 Å². The summed E-state index contributed by atoms with van der Waals surface area (Å²) in [6.45, 7) is 0.891. The van der Waals surface area contributed by atoms with Crippen LogP contribution in [0, 0.1) is 11.8 Å². The number of hydrogen-bond acceptors (Lipinski definition) is 3. The molecule has 2 saturated carbocycles. The highest BCUT2D eigenvalue weighted by atomic mass is 32.1. The van der Waals surface area contributed by atoms with Crippen molar-refractivity contribution >= 4 is 17.3 Å². The lowest BCUT2D eigenvalue weighted by Gasteiger charge is -2.28. The summed E-state index contributed by atoms with van der Waals surface area (Å²) in [6, 6.07) is 6.68. The van der Waals surface area contributed by atoms with Crippen LogP contribution in [0.2, 0.25) is 0 Å². The number of benzene rings is 1. The molecular formula is C19H28N2O2S. The summed E-state index contributed by atoms with van der Waals surface area (Å²) in [7, 11) is 5.40. The van der Waals surface area contributed by atoms with Gasteiger partial charge in [-0.1, -0.05) is 12.5 Å². The van der Waals surface area contributed by atoms with E-state index in [0.717, 1.165) is 41.4 Å². The number of nitrogens with zero attached hydrogens (tertiary/aromatic N) is 1. The molecule has 4 nitrogen and oxygen atoms in total. The van der Waals surface area contributed by atoms with Crippen molar-refractivity contribution in [1.82, 2.24) is 10.2 Å². The van der Waals surface area contributed by atoms with E-state index in [4.69, 9.17) is 21.7 Å². The molecule has 2 bridgehead atoms. The number of methoxy groups -OCH3 is 2. The van der Waals surface area contributed by atoms with Crippen LogP contribution in [0.5, 0.6) is 11.5 Å². The van der Waals surface area contributed by atoms with Crippen molar-refractivity contribution < 1.29 is 9.47 Å². The molecule has 1 aromatic rings. The van der Waals surface area contributed by atoms with Crippen LogP contribution in [-0.4, -0.2) is 43.9 Å². The molecule has 0 spiro atoms. The Labute approximate surface area is 150 Å². The minimum atomic E-state index is 0.597. The average Bonchev–Trinajstić information content (AvgIpc) is 3.22. The van der Waals surface area contributed by atoms with Gasteiger partial charge in [-0.3, -0.25) is 0 Å². The molecule has 0 saturated heterocycles. The smallest absolute Gasteiger partial charge is 0.168 e. The Morgan fingerprint density at radius 2 is 2.00 bits per heavy atom. The molecule has 0 aromatic heterocycles. The predicted molar refractivity (Wildman–Crippen MR) is 101 cm³/mol. The quantitative estimate of drug-likeness (QED) is 0.798. The van der Waals surface area contributed by atoms with E-state index in [1.807, 2.05) is 12.1 Å². The summed E-state index contributed by atoms with van der Waals surface area (Å²) in [4.78, 5) is 2.15. The number of hydrogen-bond donors (Lipinski definition) is 1. The number of likely N-dealkylation sites (N-methyl/N-ethyl adjacent to an activating group) is 1. The summed E-state index contributed by atoms with van der Waals surface area (Å²) in [5.74, 6) is 3.32. The van der Waals surface area contributed by atoms with E-state index in [1.165, 1.54) is 31.2 Å². The fraction of sp³-hybridized carbons (Fsp3) is 0.632. The molecule has 2 fully saturated rings. The third-order valence-electron chi connectivity index (χ3n) is 5.58. The van der Waals surface area contributed by atoms with Crippen LogP contribution in [-0.2, 0) is 6.42 Å². The van der Waals surface area contributed by atoms with Gasteiger partial charge in [-0.25, -0.2) is 0 Å². The molecule has 1 N–H and O–H groups in total. The summed E-state index contributed by atoms with van der Waals surface area (Å²) in [5.41, 5.74) is 1.22. The number of thiocarbonyl (C=S) groups is 1. The van der Waals surface area contributed by atoms with E-state index in [0.29, 0.717) is 6.04 Å². The highest BCUT2D eigenvalue weighted by molar-refractivity contribution is 7.80. The van der Waals surface area contributed by atoms with E-state index < -0.39 is 0 Å². The summed E-state index contributed by atoms with van der Waals surface area (Å²) < 4.78 is 10.7. The van der Waals surface area contributed by atoms with Crippen LogP contribution in [0.3, 0.4) is 0 Å². The third-order valence-corrected chi connectivity index (χ3v) is 6.01. The lowest BCUT2D eigenvalue weighted by molar-refractivity contribution is 0.354. The maximum absolute atomic E-state index is 5.60. The van der Waals surface area contributed by atoms with E-state index in [-0.39, 0.29) is 0 Å². The van der Waals surface area contributed by atoms with E-state index in [9.17, 15) is 0 Å². The molecule has 3 atom stereocenters. The Morgan fingerprint density at radius 1 is 1.21 bits per heavy atom. The van der Waals surface area contributed by atoms with Gasteiger partial charge in [-0.15, -0.1) is 0 Å². The maximum atomic E-state index is 5.60. The number of nitrogens with one attached hydrogen (secondary N) is 1. The van der Waals surface area contributed by atoms with Crippen LogP contribution < -0.4 is 14.8 Å². The summed E-state index contributed by atoms with van der Waals surface area (Å²) >= 11 is 5.60. The minimum Gasteiger partial charge on any atom is -0.493 e. The molecule has 0 radical (unpaired) electrons. The highest BCUT2D eigenvalue weighted by Crippen LogP contribution is 2.44. The van der Waals surface area contributed by atoms with Crippen molar-refractivity contribution in [2.75, 3.05) is 27.8 Å². The summed E-state index contributed by atoms with van der Waals surface area (Å²) in [5, 5.41) is 4.48. The van der Waals surface area contributed by atoms with Gasteiger partial charge < -0.3 is 19.7 Å². The first kappa shape index (κ1) is 17.3. The lowest BCUT2D eigenvalue weighted by Crippen LogP contribution is -2.45. The average molecular weight is 349 g/mol. The number of fused-ring (bicyclic) bond motifs is 2. The van der Waals surface area contributed by atoms with Crippen LogP contribution in [0.1, 0.15) is 31.2 Å². The second kappa shape index (κ2) is 7.60. The van der Waals surface area contributed by atoms with Gasteiger partial charge in [0.25, 0.3) is 0 Å². The van der Waals surface area contributed by atoms with E-state index in [2.05, 4.69) is 23.3 Å². The Morgan fingerprint density at radius 3 is 2.62 bits per heavy atom. The third kappa shape index (κ3) is 3.77. The second-order valence-electron chi connectivity index (χ2n) is 7.09.